The average molecular weight is 350 g/mol. The Hall–Kier alpha value is -2.32. The van der Waals surface area contributed by atoms with E-state index in [2.05, 4.69) is 4.98 Å². The van der Waals surface area contributed by atoms with Gasteiger partial charge in [-0.2, -0.15) is 0 Å². The van der Waals surface area contributed by atoms with Crippen LogP contribution in [0.15, 0.2) is 24.3 Å². The first-order chi connectivity index (χ1) is 11.5. The van der Waals surface area contributed by atoms with Crippen LogP contribution in [0.3, 0.4) is 0 Å². The normalized spacial score (nSPS) is 17.8. The monoisotopic (exact) mass is 350 g/mol. The number of carbonyl (C=O) groups is 2. The number of carboxylic acid groups (broad SMARTS) is 1. The van der Waals surface area contributed by atoms with Crippen molar-refractivity contribution in [1.82, 2.24) is 9.88 Å². The second-order valence-corrected chi connectivity index (χ2v) is 6.39. The Kier molecular flexibility index (Phi) is 4.59. The molecule has 6 nitrogen and oxygen atoms in total. The molecule has 1 N–H and O–H groups in total. The Morgan fingerprint density at radius 1 is 1.38 bits per heavy atom. The van der Waals surface area contributed by atoms with Crippen LogP contribution in [0.5, 0.6) is 0 Å². The molecule has 3 rings (SSSR count). The van der Waals surface area contributed by atoms with Crippen LogP contribution >= 0.6 is 11.3 Å². The largest absolute Gasteiger partial charge is 0.479 e. The number of aromatic nitrogens is 1. The molecule has 126 valence electrons. The molecule has 1 atom stereocenters. The summed E-state index contributed by atoms with van der Waals surface area (Å²) in [6.07, 6.45) is -1.01. The third-order valence-electron chi connectivity index (χ3n) is 3.71. The van der Waals surface area contributed by atoms with Gasteiger partial charge in [-0.1, -0.05) is 0 Å². The Bertz CT molecular complexity index is 775. The van der Waals surface area contributed by atoms with Crippen LogP contribution < -0.4 is 0 Å². The Morgan fingerprint density at radius 3 is 2.75 bits per heavy atom. The molecule has 0 aliphatic carbocycles. The Balaban J connectivity index is 1.83. The van der Waals surface area contributed by atoms with E-state index in [1.54, 1.807) is 19.1 Å². The van der Waals surface area contributed by atoms with Crippen molar-refractivity contribution in [2.75, 3.05) is 19.7 Å². The fourth-order valence-electron chi connectivity index (χ4n) is 2.44. The summed E-state index contributed by atoms with van der Waals surface area (Å²) >= 11 is 1.22. The number of nitrogens with zero attached hydrogens (tertiary/aromatic N) is 2. The molecule has 0 unspecified atom stereocenters. The molecule has 0 saturated carbocycles. The molecule has 2 aromatic rings. The van der Waals surface area contributed by atoms with E-state index in [0.717, 1.165) is 5.56 Å². The van der Waals surface area contributed by atoms with Gasteiger partial charge in [0, 0.05) is 12.1 Å². The van der Waals surface area contributed by atoms with Crippen molar-refractivity contribution in [1.29, 1.82) is 0 Å². The van der Waals surface area contributed by atoms with Crippen LogP contribution in [0.1, 0.15) is 15.4 Å². The predicted molar refractivity (Wildman–Crippen MR) is 85.5 cm³/mol. The van der Waals surface area contributed by atoms with Crippen LogP contribution in [0.2, 0.25) is 0 Å². The zero-order valence-corrected chi connectivity index (χ0v) is 13.7. The van der Waals surface area contributed by atoms with Crippen molar-refractivity contribution < 1.29 is 23.8 Å². The number of benzene rings is 1. The quantitative estimate of drug-likeness (QED) is 0.918. The van der Waals surface area contributed by atoms with Gasteiger partial charge in [-0.05, 0) is 31.2 Å². The van der Waals surface area contributed by atoms with Crippen molar-refractivity contribution in [2.24, 2.45) is 0 Å². The third kappa shape index (κ3) is 3.29. The smallest absolute Gasteiger partial charge is 0.334 e. The zero-order chi connectivity index (χ0) is 17.3. The highest BCUT2D eigenvalue weighted by Gasteiger charge is 2.31. The number of hydrogen-bond donors (Lipinski definition) is 1. The molecule has 1 aromatic heterocycles. The summed E-state index contributed by atoms with van der Waals surface area (Å²) in [5, 5.41) is 9.66. The number of morpholine rings is 1. The van der Waals surface area contributed by atoms with Gasteiger partial charge in [0.15, 0.2) is 6.10 Å². The molecule has 1 fully saturated rings. The van der Waals surface area contributed by atoms with Gasteiger partial charge >= 0.3 is 5.97 Å². The van der Waals surface area contributed by atoms with E-state index >= 15 is 0 Å². The fraction of sp³-hybridized carbons (Fsp3) is 0.312. The van der Waals surface area contributed by atoms with Gasteiger partial charge < -0.3 is 14.7 Å². The van der Waals surface area contributed by atoms with Gasteiger partial charge in [0.1, 0.15) is 15.7 Å². The number of amides is 1. The summed E-state index contributed by atoms with van der Waals surface area (Å²) in [5.74, 6) is -1.68. The lowest BCUT2D eigenvalue weighted by atomic mass is 10.2. The van der Waals surface area contributed by atoms with Crippen molar-refractivity contribution in [3.8, 4) is 10.6 Å². The summed E-state index contributed by atoms with van der Waals surface area (Å²) in [5.41, 5.74) is 1.30. The lowest BCUT2D eigenvalue weighted by Gasteiger charge is -2.30. The summed E-state index contributed by atoms with van der Waals surface area (Å²) in [7, 11) is 0. The van der Waals surface area contributed by atoms with Crippen LogP contribution in [-0.2, 0) is 9.53 Å². The standard InChI is InChI=1S/C16H15FN2O4S/c1-9-13(15(20)19-6-7-23-12(8-19)16(21)22)24-14(18-9)10-2-4-11(17)5-3-10/h2-5,12H,6-8H2,1H3,(H,21,22)/t12-/m0/s1. The molecule has 1 aliphatic heterocycles. The lowest BCUT2D eigenvalue weighted by Crippen LogP contribution is -2.48. The van der Waals surface area contributed by atoms with Gasteiger partial charge in [-0.3, -0.25) is 4.79 Å². The van der Waals surface area contributed by atoms with Crippen LogP contribution in [0, 0.1) is 12.7 Å². The van der Waals surface area contributed by atoms with Crippen LogP contribution in [-0.4, -0.2) is 52.7 Å². The number of ether oxygens (including phenoxy) is 1. The van der Waals surface area contributed by atoms with E-state index in [-0.39, 0.29) is 24.9 Å². The highest BCUT2D eigenvalue weighted by Crippen LogP contribution is 2.29. The molecule has 24 heavy (non-hydrogen) atoms. The molecule has 1 saturated heterocycles. The molecule has 8 heteroatoms. The summed E-state index contributed by atoms with van der Waals surface area (Å²) in [6, 6.07) is 5.90. The van der Waals surface area contributed by atoms with E-state index in [1.807, 2.05) is 0 Å². The second-order valence-electron chi connectivity index (χ2n) is 5.39. The van der Waals surface area contributed by atoms with Crippen molar-refractivity contribution in [3.05, 3.63) is 40.7 Å². The molecular weight excluding hydrogens is 335 g/mol. The molecule has 0 spiro atoms. The number of rotatable bonds is 3. The van der Waals surface area contributed by atoms with Gasteiger partial charge in [-0.25, -0.2) is 14.2 Å². The lowest BCUT2D eigenvalue weighted by molar-refractivity contribution is -0.154. The number of thiazole rings is 1. The fourth-order valence-corrected chi connectivity index (χ4v) is 3.48. The number of halogens is 1. The second kappa shape index (κ2) is 6.66. The van der Waals surface area contributed by atoms with E-state index in [0.29, 0.717) is 22.1 Å². The van der Waals surface area contributed by atoms with Crippen molar-refractivity contribution in [2.45, 2.75) is 13.0 Å². The van der Waals surface area contributed by atoms with E-state index < -0.39 is 12.1 Å². The summed E-state index contributed by atoms with van der Waals surface area (Å²) < 4.78 is 18.2. The first kappa shape index (κ1) is 16.5. The molecule has 2 heterocycles. The molecule has 0 radical (unpaired) electrons. The van der Waals surface area contributed by atoms with Crippen LogP contribution in [0.25, 0.3) is 10.6 Å². The highest BCUT2D eigenvalue weighted by atomic mass is 32.1. The highest BCUT2D eigenvalue weighted by molar-refractivity contribution is 7.17. The van der Waals surface area contributed by atoms with Crippen molar-refractivity contribution in [3.63, 3.8) is 0 Å². The number of carboxylic acids is 1. The zero-order valence-electron chi connectivity index (χ0n) is 12.9. The first-order valence-electron chi connectivity index (χ1n) is 7.33. The molecule has 1 aromatic carbocycles. The van der Waals surface area contributed by atoms with E-state index in [9.17, 15) is 14.0 Å². The molecule has 0 bridgehead atoms. The summed E-state index contributed by atoms with van der Waals surface area (Å²) in [6.45, 7) is 2.26. The molecule has 1 amide bonds. The van der Waals surface area contributed by atoms with Gasteiger partial charge in [0.2, 0.25) is 0 Å². The minimum absolute atomic E-state index is 0.0113. The number of aryl methyl sites for hydroxylation is 1. The van der Waals surface area contributed by atoms with E-state index in [1.165, 1.54) is 28.4 Å². The van der Waals surface area contributed by atoms with E-state index in [4.69, 9.17) is 9.84 Å². The maximum Gasteiger partial charge on any atom is 0.334 e. The minimum atomic E-state index is -1.08. The summed E-state index contributed by atoms with van der Waals surface area (Å²) in [4.78, 5) is 30.0. The van der Waals surface area contributed by atoms with Gasteiger partial charge in [0.05, 0.1) is 18.8 Å². The SMILES string of the molecule is Cc1nc(-c2ccc(F)cc2)sc1C(=O)N1CCO[C@H](C(=O)O)C1. The minimum Gasteiger partial charge on any atom is -0.479 e. The van der Waals surface area contributed by atoms with Crippen molar-refractivity contribution >= 4 is 23.2 Å². The maximum atomic E-state index is 13.0. The van der Waals surface area contributed by atoms with Gasteiger partial charge in [-0.15, -0.1) is 11.3 Å². The number of carbonyl (C=O) groups excluding carboxylic acids is 1. The number of aliphatic carboxylic acids is 1. The maximum absolute atomic E-state index is 13.0. The Labute approximate surface area is 141 Å². The first-order valence-corrected chi connectivity index (χ1v) is 8.14. The number of hydrogen-bond acceptors (Lipinski definition) is 5. The Morgan fingerprint density at radius 2 is 2.08 bits per heavy atom. The van der Waals surface area contributed by atoms with Gasteiger partial charge in [0.25, 0.3) is 5.91 Å². The topological polar surface area (TPSA) is 79.7 Å². The molecule has 1 aliphatic rings. The third-order valence-corrected chi connectivity index (χ3v) is 4.91. The average Bonchev–Trinajstić information content (AvgIpc) is 2.96. The van der Waals surface area contributed by atoms with Crippen LogP contribution in [0.4, 0.5) is 4.39 Å². The molecular formula is C16H15FN2O4S. The predicted octanol–water partition coefficient (Wildman–Crippen LogP) is 2.18.